The summed E-state index contributed by atoms with van der Waals surface area (Å²) in [7, 11) is 1.66. The third-order valence-corrected chi connectivity index (χ3v) is 6.17. The van der Waals surface area contributed by atoms with Crippen molar-refractivity contribution < 1.29 is 14.3 Å². The molecule has 1 aliphatic heterocycles. The molecule has 162 valence electrons. The van der Waals surface area contributed by atoms with Crippen LogP contribution in [0.1, 0.15) is 40.0 Å². The van der Waals surface area contributed by atoms with Crippen molar-refractivity contribution in [2.24, 2.45) is 0 Å². The van der Waals surface area contributed by atoms with Gasteiger partial charge in [-0.3, -0.25) is 9.59 Å². The lowest BCUT2D eigenvalue weighted by Gasteiger charge is -2.29. The molecule has 5 rings (SSSR count). The van der Waals surface area contributed by atoms with Crippen molar-refractivity contribution in [2.45, 2.75) is 19.3 Å². The van der Waals surface area contributed by atoms with E-state index in [-0.39, 0.29) is 18.4 Å². The van der Waals surface area contributed by atoms with Crippen molar-refractivity contribution in [1.29, 1.82) is 0 Å². The zero-order valence-electron chi connectivity index (χ0n) is 18.1. The Morgan fingerprint density at radius 1 is 1.12 bits per heavy atom. The van der Waals surface area contributed by atoms with Gasteiger partial charge in [0.05, 0.1) is 30.4 Å². The van der Waals surface area contributed by atoms with Gasteiger partial charge in [-0.1, -0.05) is 30.3 Å². The smallest absolute Gasteiger partial charge is 0.255 e. The number of nitrogens with one attached hydrogen (secondary N) is 1. The van der Waals surface area contributed by atoms with Gasteiger partial charge < -0.3 is 15.0 Å². The molecule has 2 aromatic carbocycles. The Bertz CT molecular complexity index is 1230. The quantitative estimate of drug-likeness (QED) is 0.692. The molecule has 1 aliphatic carbocycles. The van der Waals surface area contributed by atoms with Crippen molar-refractivity contribution in [3.05, 3.63) is 70.9 Å². The number of amides is 2. The molecule has 32 heavy (non-hydrogen) atoms. The molecule has 1 N–H and O–H groups in total. The lowest BCUT2D eigenvalue weighted by molar-refractivity contribution is -0.123. The zero-order valence-corrected chi connectivity index (χ0v) is 18.1. The van der Waals surface area contributed by atoms with Gasteiger partial charge in [0.15, 0.2) is 0 Å². The van der Waals surface area contributed by atoms with Crippen molar-refractivity contribution in [3.8, 4) is 5.75 Å². The number of carbonyl (C=O) groups is 2. The first-order valence-corrected chi connectivity index (χ1v) is 11.0. The highest BCUT2D eigenvalue weighted by Crippen LogP contribution is 2.36. The molecule has 2 amide bonds. The molecule has 0 saturated carbocycles. The molecule has 1 aromatic heterocycles. The van der Waals surface area contributed by atoms with Crippen LogP contribution in [0.15, 0.2) is 48.5 Å². The van der Waals surface area contributed by atoms with E-state index in [0.717, 1.165) is 58.3 Å². The normalized spacial score (nSPS) is 17.2. The lowest BCUT2D eigenvalue weighted by atomic mass is 9.85. The van der Waals surface area contributed by atoms with Gasteiger partial charge in [0.2, 0.25) is 5.91 Å². The summed E-state index contributed by atoms with van der Waals surface area (Å²) < 4.78 is 5.27. The molecule has 0 atom stereocenters. The first-order chi connectivity index (χ1) is 15.6. The lowest BCUT2D eigenvalue weighted by Crippen LogP contribution is -2.50. The molecule has 0 spiro atoms. The first kappa shape index (κ1) is 20.2. The van der Waals surface area contributed by atoms with Gasteiger partial charge in [-0.25, -0.2) is 4.98 Å². The molecule has 0 radical (unpaired) electrons. The maximum atomic E-state index is 13.7. The molecule has 1 fully saturated rings. The Hall–Kier alpha value is -3.67. The topological polar surface area (TPSA) is 71.5 Å². The number of allylic oxidation sites excluding steroid dienone is 1. The van der Waals surface area contributed by atoms with Crippen LogP contribution in [0.2, 0.25) is 0 Å². The number of pyridine rings is 1. The molecule has 1 saturated heterocycles. The van der Waals surface area contributed by atoms with Gasteiger partial charge in [0.1, 0.15) is 5.75 Å². The number of carbonyl (C=O) groups excluding carboxylic acids is 2. The second kappa shape index (κ2) is 8.46. The summed E-state index contributed by atoms with van der Waals surface area (Å²) in [5.41, 5.74) is 5.59. The van der Waals surface area contributed by atoms with Crippen molar-refractivity contribution in [3.63, 3.8) is 0 Å². The van der Waals surface area contributed by atoms with Gasteiger partial charge in [-0.15, -0.1) is 0 Å². The highest BCUT2D eigenvalue weighted by molar-refractivity contribution is 6.10. The minimum absolute atomic E-state index is 0.0830. The number of aromatic nitrogens is 1. The number of fused-ring (bicyclic) bond motifs is 2. The van der Waals surface area contributed by atoms with Crippen LogP contribution in [-0.4, -0.2) is 48.4 Å². The molecular formula is C26H25N3O3. The Balaban J connectivity index is 1.64. The maximum Gasteiger partial charge on any atom is 0.255 e. The van der Waals surface area contributed by atoms with Gasteiger partial charge in [-0.05, 0) is 60.2 Å². The van der Waals surface area contributed by atoms with Crippen molar-refractivity contribution >= 4 is 34.4 Å². The Labute approximate surface area is 186 Å². The van der Waals surface area contributed by atoms with Crippen LogP contribution in [0.4, 0.5) is 0 Å². The van der Waals surface area contributed by atoms with Crippen LogP contribution in [0.3, 0.4) is 0 Å². The van der Waals surface area contributed by atoms with Crippen LogP contribution in [0, 0.1) is 0 Å². The third kappa shape index (κ3) is 3.73. The van der Waals surface area contributed by atoms with Crippen molar-refractivity contribution in [1.82, 2.24) is 15.2 Å². The maximum absolute atomic E-state index is 13.7. The molecular weight excluding hydrogens is 402 g/mol. The summed E-state index contributed by atoms with van der Waals surface area (Å²) >= 11 is 0. The SMILES string of the molecule is COc1ccc(/C=C2\CCCc3c2nc2ccccc2c3C(=O)N2CCNC(=O)C2)cc1. The van der Waals surface area contributed by atoms with E-state index < -0.39 is 0 Å². The summed E-state index contributed by atoms with van der Waals surface area (Å²) in [5, 5.41) is 3.65. The largest absolute Gasteiger partial charge is 0.497 e. The van der Waals surface area contributed by atoms with Gasteiger partial charge in [-0.2, -0.15) is 0 Å². The number of benzene rings is 2. The number of hydrogen-bond donors (Lipinski definition) is 1. The molecule has 0 bridgehead atoms. The average molecular weight is 428 g/mol. The highest BCUT2D eigenvalue weighted by atomic mass is 16.5. The molecule has 0 unspecified atom stereocenters. The van der Waals surface area contributed by atoms with Crippen LogP contribution in [-0.2, 0) is 11.2 Å². The Morgan fingerprint density at radius 2 is 1.94 bits per heavy atom. The number of piperazine rings is 1. The number of hydrogen-bond acceptors (Lipinski definition) is 4. The predicted octanol–water partition coefficient (Wildman–Crippen LogP) is 3.69. The van der Waals surface area contributed by atoms with Crippen LogP contribution in [0.25, 0.3) is 22.6 Å². The first-order valence-electron chi connectivity index (χ1n) is 11.0. The van der Waals surface area contributed by atoms with Crippen LogP contribution < -0.4 is 10.1 Å². The van der Waals surface area contributed by atoms with E-state index in [1.165, 1.54) is 0 Å². The fourth-order valence-electron chi connectivity index (χ4n) is 4.59. The summed E-state index contributed by atoms with van der Waals surface area (Å²) in [4.78, 5) is 32.2. The van der Waals surface area contributed by atoms with E-state index in [4.69, 9.17) is 9.72 Å². The van der Waals surface area contributed by atoms with Crippen molar-refractivity contribution in [2.75, 3.05) is 26.7 Å². The van der Waals surface area contributed by atoms with E-state index in [2.05, 4.69) is 11.4 Å². The molecule has 6 nitrogen and oxygen atoms in total. The summed E-state index contributed by atoms with van der Waals surface area (Å²) in [5.74, 6) is 0.621. The van der Waals surface area contributed by atoms with Crippen LogP contribution in [0.5, 0.6) is 5.75 Å². The van der Waals surface area contributed by atoms with E-state index in [1.54, 1.807) is 12.0 Å². The second-order valence-corrected chi connectivity index (χ2v) is 8.20. The Morgan fingerprint density at radius 3 is 2.72 bits per heavy atom. The van der Waals surface area contributed by atoms with E-state index in [1.807, 2.05) is 48.5 Å². The summed E-state index contributed by atoms with van der Waals surface area (Å²) in [6, 6.07) is 15.7. The standard InChI is InChI=1S/C26H25N3O3/c1-32-19-11-9-17(10-12-19)15-18-5-4-7-21-24(26(31)29-14-13-27-23(30)16-29)20-6-2-3-8-22(20)28-25(18)21/h2-3,6,8-12,15H,4-5,7,13-14,16H2,1H3,(H,27,30)/b18-15+. The predicted molar refractivity (Wildman–Crippen MR) is 124 cm³/mol. The molecule has 2 heterocycles. The van der Waals surface area contributed by atoms with E-state index in [9.17, 15) is 9.59 Å². The number of nitrogens with zero attached hydrogens (tertiary/aromatic N) is 2. The Kier molecular flexibility index (Phi) is 5.35. The number of methoxy groups -OCH3 is 1. The highest BCUT2D eigenvalue weighted by Gasteiger charge is 2.29. The summed E-state index contributed by atoms with van der Waals surface area (Å²) in [6.45, 7) is 1.10. The number of ether oxygens (including phenoxy) is 1. The number of para-hydroxylation sites is 1. The molecule has 2 aliphatic rings. The van der Waals surface area contributed by atoms with E-state index >= 15 is 0 Å². The van der Waals surface area contributed by atoms with E-state index in [0.29, 0.717) is 18.7 Å². The molecule has 6 heteroatoms. The minimum atomic E-state index is -0.114. The second-order valence-electron chi connectivity index (χ2n) is 8.20. The van der Waals surface area contributed by atoms with Gasteiger partial charge in [0, 0.05) is 18.5 Å². The van der Waals surface area contributed by atoms with Crippen LogP contribution >= 0.6 is 0 Å². The minimum Gasteiger partial charge on any atom is -0.497 e. The van der Waals surface area contributed by atoms with Gasteiger partial charge in [0.25, 0.3) is 5.91 Å². The fraction of sp³-hybridized carbons (Fsp3) is 0.269. The monoisotopic (exact) mass is 427 g/mol. The third-order valence-electron chi connectivity index (χ3n) is 6.17. The number of rotatable bonds is 3. The molecule has 3 aromatic rings. The average Bonchev–Trinajstić information content (AvgIpc) is 2.83. The summed E-state index contributed by atoms with van der Waals surface area (Å²) in [6.07, 6.45) is 4.82. The fourth-order valence-corrected chi connectivity index (χ4v) is 4.59. The van der Waals surface area contributed by atoms with Gasteiger partial charge >= 0.3 is 0 Å². The zero-order chi connectivity index (χ0) is 22.1.